The number of carboxylic acid groups (broad SMARTS) is 1. The molecule has 1 aliphatic rings. The van der Waals surface area contributed by atoms with E-state index in [0.717, 1.165) is 11.8 Å². The second kappa shape index (κ2) is 6.54. The van der Waals surface area contributed by atoms with E-state index in [4.69, 9.17) is 17.3 Å². The van der Waals surface area contributed by atoms with E-state index < -0.39 is 11.8 Å². The van der Waals surface area contributed by atoms with Crippen molar-refractivity contribution in [3.8, 4) is 0 Å². The molecule has 0 radical (unpaired) electrons. The van der Waals surface area contributed by atoms with Gasteiger partial charge in [0.1, 0.15) is 5.82 Å². The monoisotopic (exact) mass is 359 g/mol. The van der Waals surface area contributed by atoms with E-state index in [1.807, 2.05) is 0 Å². The molecule has 1 fully saturated rings. The van der Waals surface area contributed by atoms with E-state index in [2.05, 4.69) is 0 Å². The maximum absolute atomic E-state index is 13.7. The minimum absolute atomic E-state index is 0.117. The molecule has 2 aromatic carbocycles. The number of benzene rings is 2. The Kier molecular flexibility index (Phi) is 4.46. The smallest absolute Gasteiger partial charge is 0.335 e. The molecule has 3 rings (SSSR count). The largest absolute Gasteiger partial charge is 0.478 e. The number of rotatable bonds is 3. The van der Waals surface area contributed by atoms with Gasteiger partial charge in [-0.2, -0.15) is 0 Å². The van der Waals surface area contributed by atoms with Crippen LogP contribution in [-0.4, -0.2) is 21.3 Å². The van der Waals surface area contributed by atoms with Crippen molar-refractivity contribution in [1.29, 1.82) is 0 Å². The third-order valence-electron chi connectivity index (χ3n) is 3.36. The van der Waals surface area contributed by atoms with Gasteiger partial charge in [0.2, 0.25) is 0 Å². The number of carbonyl (C=O) groups is 2. The number of halogens is 1. The molecule has 120 valence electrons. The first kappa shape index (κ1) is 16.4. The number of hydrogen-bond acceptors (Lipinski definition) is 4. The summed E-state index contributed by atoms with van der Waals surface area (Å²) in [6, 6.07) is 12.0. The third kappa shape index (κ3) is 3.08. The Balaban J connectivity index is 1.92. The van der Waals surface area contributed by atoms with Crippen LogP contribution in [0.1, 0.15) is 15.9 Å². The summed E-state index contributed by atoms with van der Waals surface area (Å²) in [5.41, 5.74) is 0.893. The van der Waals surface area contributed by atoms with E-state index in [9.17, 15) is 14.0 Å². The quantitative estimate of drug-likeness (QED) is 0.665. The fourth-order valence-electron chi connectivity index (χ4n) is 2.18. The lowest BCUT2D eigenvalue weighted by Crippen LogP contribution is -2.27. The van der Waals surface area contributed by atoms with Gasteiger partial charge in [-0.15, -0.1) is 0 Å². The highest BCUT2D eigenvalue weighted by atomic mass is 32.2. The van der Waals surface area contributed by atoms with Gasteiger partial charge in [0.25, 0.3) is 5.91 Å². The van der Waals surface area contributed by atoms with Crippen LogP contribution in [0.5, 0.6) is 0 Å². The summed E-state index contributed by atoms with van der Waals surface area (Å²) in [5.74, 6) is -1.84. The van der Waals surface area contributed by atoms with Gasteiger partial charge in [0, 0.05) is 5.56 Å². The summed E-state index contributed by atoms with van der Waals surface area (Å²) in [6.45, 7) is 0. The molecule has 1 amide bonds. The second-order valence-electron chi connectivity index (χ2n) is 4.89. The molecular formula is C17H10FNO3S2. The highest BCUT2D eigenvalue weighted by Crippen LogP contribution is 2.36. The Bertz CT molecular complexity index is 878. The molecule has 0 bridgehead atoms. The van der Waals surface area contributed by atoms with Gasteiger partial charge >= 0.3 is 5.97 Å². The van der Waals surface area contributed by atoms with E-state index in [-0.39, 0.29) is 11.5 Å². The average Bonchev–Trinajstić information content (AvgIpc) is 2.84. The van der Waals surface area contributed by atoms with Crippen molar-refractivity contribution in [2.45, 2.75) is 0 Å². The summed E-state index contributed by atoms with van der Waals surface area (Å²) >= 11 is 6.30. The topological polar surface area (TPSA) is 57.6 Å². The summed E-state index contributed by atoms with van der Waals surface area (Å²) in [7, 11) is 0. The Morgan fingerprint density at radius 1 is 1.17 bits per heavy atom. The number of carbonyl (C=O) groups excluding carboxylic acids is 1. The standard InChI is InChI=1S/C17H10FNO3S2/c18-13-4-2-1-3-11(13)9-14-15(20)19(17(23)24-14)12-7-5-10(6-8-12)16(21)22/h1-9H,(H,21,22). The molecule has 1 aliphatic heterocycles. The molecule has 0 unspecified atom stereocenters. The van der Waals surface area contributed by atoms with E-state index in [1.54, 1.807) is 18.2 Å². The van der Waals surface area contributed by atoms with Crippen LogP contribution < -0.4 is 4.90 Å². The first-order valence-electron chi connectivity index (χ1n) is 6.83. The molecular weight excluding hydrogens is 349 g/mol. The van der Waals surface area contributed by atoms with Crippen molar-refractivity contribution in [3.63, 3.8) is 0 Å². The van der Waals surface area contributed by atoms with Gasteiger partial charge in [0.15, 0.2) is 4.32 Å². The highest BCUT2D eigenvalue weighted by molar-refractivity contribution is 8.27. The molecule has 0 aliphatic carbocycles. The molecule has 0 aromatic heterocycles. The van der Waals surface area contributed by atoms with E-state index in [0.29, 0.717) is 20.5 Å². The summed E-state index contributed by atoms with van der Waals surface area (Å²) in [5, 5.41) is 8.92. The SMILES string of the molecule is O=C(O)c1ccc(N2C(=O)C(=Cc3ccccc3F)SC2=S)cc1. The molecule has 4 nitrogen and oxygen atoms in total. The molecule has 2 aromatic rings. The predicted octanol–water partition coefficient (Wildman–Crippen LogP) is 3.93. The molecule has 0 atom stereocenters. The van der Waals surface area contributed by atoms with Crippen LogP contribution in [0.15, 0.2) is 53.4 Å². The minimum Gasteiger partial charge on any atom is -0.478 e. The van der Waals surface area contributed by atoms with E-state index >= 15 is 0 Å². The van der Waals surface area contributed by atoms with Gasteiger partial charge in [-0.1, -0.05) is 42.2 Å². The zero-order valence-corrected chi connectivity index (χ0v) is 13.7. The molecule has 0 spiro atoms. The van der Waals surface area contributed by atoms with Crippen molar-refractivity contribution < 1.29 is 19.1 Å². The Morgan fingerprint density at radius 3 is 2.46 bits per heavy atom. The number of thioether (sulfide) groups is 1. The predicted molar refractivity (Wildman–Crippen MR) is 95.5 cm³/mol. The fraction of sp³-hybridized carbons (Fsp3) is 0. The minimum atomic E-state index is -1.05. The summed E-state index contributed by atoms with van der Waals surface area (Å²) < 4.78 is 14.1. The van der Waals surface area contributed by atoms with Crippen molar-refractivity contribution >= 4 is 51.9 Å². The zero-order chi connectivity index (χ0) is 17.3. The van der Waals surface area contributed by atoms with Crippen molar-refractivity contribution in [3.05, 3.63) is 70.4 Å². The lowest BCUT2D eigenvalue weighted by atomic mass is 10.2. The Morgan fingerprint density at radius 2 is 1.83 bits per heavy atom. The molecule has 1 saturated heterocycles. The van der Waals surface area contributed by atoms with Crippen molar-refractivity contribution in [2.75, 3.05) is 4.90 Å². The average molecular weight is 359 g/mol. The van der Waals surface area contributed by atoms with Crippen molar-refractivity contribution in [2.24, 2.45) is 0 Å². The van der Waals surface area contributed by atoms with Crippen LogP contribution in [-0.2, 0) is 4.79 Å². The number of nitrogens with zero attached hydrogens (tertiary/aromatic N) is 1. The van der Waals surface area contributed by atoms with Gasteiger partial charge < -0.3 is 5.11 Å². The van der Waals surface area contributed by atoms with Crippen LogP contribution in [0.25, 0.3) is 6.08 Å². The Labute approximate surface area is 146 Å². The van der Waals surface area contributed by atoms with Crippen molar-refractivity contribution in [1.82, 2.24) is 0 Å². The number of aromatic carboxylic acids is 1. The summed E-state index contributed by atoms with van der Waals surface area (Å²) in [4.78, 5) is 25.1. The number of carboxylic acids is 1. The number of thiocarbonyl (C=S) groups is 1. The van der Waals surface area contributed by atoms with Crippen LogP contribution in [0.4, 0.5) is 10.1 Å². The van der Waals surface area contributed by atoms with Crippen LogP contribution in [0.3, 0.4) is 0 Å². The lowest BCUT2D eigenvalue weighted by molar-refractivity contribution is -0.113. The number of hydrogen-bond donors (Lipinski definition) is 1. The lowest BCUT2D eigenvalue weighted by Gasteiger charge is -2.14. The molecule has 1 N–H and O–H groups in total. The van der Waals surface area contributed by atoms with Crippen LogP contribution in [0.2, 0.25) is 0 Å². The normalized spacial score (nSPS) is 16.0. The summed E-state index contributed by atoms with van der Waals surface area (Å²) in [6.07, 6.45) is 1.46. The molecule has 24 heavy (non-hydrogen) atoms. The van der Waals surface area contributed by atoms with E-state index in [1.165, 1.54) is 41.3 Å². The first-order valence-corrected chi connectivity index (χ1v) is 8.05. The molecule has 1 heterocycles. The number of amides is 1. The fourth-order valence-corrected chi connectivity index (χ4v) is 3.47. The third-order valence-corrected chi connectivity index (χ3v) is 4.66. The molecule has 7 heteroatoms. The Hall–Kier alpha value is -2.51. The number of anilines is 1. The highest BCUT2D eigenvalue weighted by Gasteiger charge is 2.33. The molecule has 0 saturated carbocycles. The van der Waals surface area contributed by atoms with Crippen LogP contribution in [0, 0.1) is 5.82 Å². The second-order valence-corrected chi connectivity index (χ2v) is 6.57. The first-order chi connectivity index (χ1) is 11.5. The van der Waals surface area contributed by atoms with Gasteiger partial charge in [-0.3, -0.25) is 9.69 Å². The van der Waals surface area contributed by atoms with Gasteiger partial charge in [0.05, 0.1) is 16.2 Å². The zero-order valence-electron chi connectivity index (χ0n) is 12.1. The van der Waals surface area contributed by atoms with Gasteiger partial charge in [-0.25, -0.2) is 9.18 Å². The van der Waals surface area contributed by atoms with Gasteiger partial charge in [-0.05, 0) is 36.4 Å². The maximum Gasteiger partial charge on any atom is 0.335 e. The maximum atomic E-state index is 13.7. The van der Waals surface area contributed by atoms with Crippen LogP contribution >= 0.6 is 24.0 Å².